The summed E-state index contributed by atoms with van der Waals surface area (Å²) >= 11 is 3.15. The second-order valence-electron chi connectivity index (χ2n) is 6.05. The molecule has 2 rings (SSSR count). The highest BCUT2D eigenvalue weighted by Crippen LogP contribution is 2.26. The van der Waals surface area contributed by atoms with Crippen LogP contribution in [0.3, 0.4) is 0 Å². The quantitative estimate of drug-likeness (QED) is 0.805. The van der Waals surface area contributed by atoms with Gasteiger partial charge in [0, 0.05) is 24.7 Å². The van der Waals surface area contributed by atoms with Gasteiger partial charge in [0.1, 0.15) is 17.7 Å². The van der Waals surface area contributed by atoms with E-state index in [1.807, 2.05) is 6.07 Å². The molecule has 0 spiro atoms. The van der Waals surface area contributed by atoms with E-state index in [2.05, 4.69) is 41.6 Å². The number of benzene rings is 1. The van der Waals surface area contributed by atoms with Crippen molar-refractivity contribution in [3.8, 4) is 5.75 Å². The molecular weight excluding hydrogens is 309 g/mol. The Morgan fingerprint density at radius 1 is 1.26 bits per heavy atom. The largest absolute Gasteiger partial charge is 0.490 e. The highest BCUT2D eigenvalue weighted by molar-refractivity contribution is 9.10. The van der Waals surface area contributed by atoms with Crippen LogP contribution in [0.4, 0.5) is 4.39 Å². The SMILES string of the molecule is CC(C)(C)N1CCC(Oc2ccc(Br)c(F)c2)CC1. The molecule has 0 radical (unpaired) electrons. The van der Waals surface area contributed by atoms with Crippen LogP contribution in [-0.4, -0.2) is 29.6 Å². The predicted molar refractivity (Wildman–Crippen MR) is 79.1 cm³/mol. The molecule has 1 aliphatic heterocycles. The zero-order valence-corrected chi connectivity index (χ0v) is 13.3. The number of rotatable bonds is 2. The normalized spacial score (nSPS) is 18.6. The lowest BCUT2D eigenvalue weighted by Gasteiger charge is -2.40. The number of hydrogen-bond donors (Lipinski definition) is 0. The fourth-order valence-electron chi connectivity index (χ4n) is 2.39. The first kappa shape index (κ1) is 14.8. The van der Waals surface area contributed by atoms with Crippen molar-refractivity contribution in [2.24, 2.45) is 0 Å². The summed E-state index contributed by atoms with van der Waals surface area (Å²) in [6.45, 7) is 8.77. The van der Waals surface area contributed by atoms with Gasteiger partial charge in [-0.05, 0) is 61.7 Å². The van der Waals surface area contributed by atoms with E-state index in [-0.39, 0.29) is 17.5 Å². The van der Waals surface area contributed by atoms with Gasteiger partial charge in [-0.2, -0.15) is 0 Å². The van der Waals surface area contributed by atoms with Crippen LogP contribution in [0.1, 0.15) is 33.6 Å². The van der Waals surface area contributed by atoms with Crippen LogP contribution in [0, 0.1) is 5.82 Å². The van der Waals surface area contributed by atoms with E-state index in [9.17, 15) is 4.39 Å². The number of halogens is 2. The van der Waals surface area contributed by atoms with Crippen molar-refractivity contribution in [1.82, 2.24) is 4.90 Å². The number of likely N-dealkylation sites (tertiary alicyclic amines) is 1. The Morgan fingerprint density at radius 2 is 1.89 bits per heavy atom. The maximum atomic E-state index is 13.4. The molecule has 0 bridgehead atoms. The van der Waals surface area contributed by atoms with Gasteiger partial charge in [-0.25, -0.2) is 4.39 Å². The molecule has 0 amide bonds. The topological polar surface area (TPSA) is 12.5 Å². The van der Waals surface area contributed by atoms with Crippen LogP contribution in [0.5, 0.6) is 5.75 Å². The standard InChI is InChI=1S/C15H21BrFNO/c1-15(2,3)18-8-6-11(7-9-18)19-12-4-5-13(16)14(17)10-12/h4-5,10-11H,6-9H2,1-3H3. The van der Waals surface area contributed by atoms with Gasteiger partial charge < -0.3 is 4.74 Å². The Balaban J connectivity index is 1.90. The maximum absolute atomic E-state index is 13.4. The maximum Gasteiger partial charge on any atom is 0.141 e. The van der Waals surface area contributed by atoms with E-state index in [1.165, 1.54) is 6.07 Å². The van der Waals surface area contributed by atoms with Crippen LogP contribution in [0.2, 0.25) is 0 Å². The number of piperidine rings is 1. The van der Waals surface area contributed by atoms with Crippen LogP contribution in [0.15, 0.2) is 22.7 Å². The molecule has 1 heterocycles. The summed E-state index contributed by atoms with van der Waals surface area (Å²) in [7, 11) is 0. The van der Waals surface area contributed by atoms with Gasteiger partial charge in [0.15, 0.2) is 0 Å². The fraction of sp³-hybridized carbons (Fsp3) is 0.600. The Hall–Kier alpha value is -0.610. The van der Waals surface area contributed by atoms with E-state index in [4.69, 9.17) is 4.74 Å². The van der Waals surface area contributed by atoms with Crippen molar-refractivity contribution >= 4 is 15.9 Å². The molecule has 1 saturated heterocycles. The molecule has 4 heteroatoms. The monoisotopic (exact) mass is 329 g/mol. The van der Waals surface area contributed by atoms with Crippen LogP contribution >= 0.6 is 15.9 Å². The van der Waals surface area contributed by atoms with E-state index < -0.39 is 0 Å². The summed E-state index contributed by atoms with van der Waals surface area (Å²) in [6.07, 6.45) is 2.18. The second kappa shape index (κ2) is 5.80. The van der Waals surface area contributed by atoms with Gasteiger partial charge >= 0.3 is 0 Å². The van der Waals surface area contributed by atoms with Gasteiger partial charge in [-0.1, -0.05) is 0 Å². The Morgan fingerprint density at radius 3 is 2.42 bits per heavy atom. The molecule has 1 aromatic carbocycles. The van der Waals surface area contributed by atoms with Gasteiger partial charge in [0.2, 0.25) is 0 Å². The summed E-state index contributed by atoms with van der Waals surface area (Å²) in [5.41, 5.74) is 0.217. The predicted octanol–water partition coefficient (Wildman–Crippen LogP) is 4.23. The molecule has 106 valence electrons. The molecule has 1 aromatic rings. The lowest BCUT2D eigenvalue weighted by molar-refractivity contribution is 0.0490. The van der Waals surface area contributed by atoms with Crippen molar-refractivity contribution in [1.29, 1.82) is 0 Å². The van der Waals surface area contributed by atoms with E-state index >= 15 is 0 Å². The summed E-state index contributed by atoms with van der Waals surface area (Å²) in [5.74, 6) is 0.347. The van der Waals surface area contributed by atoms with Crippen molar-refractivity contribution in [2.45, 2.75) is 45.3 Å². The average molecular weight is 330 g/mol. The van der Waals surface area contributed by atoms with Crippen molar-refractivity contribution in [2.75, 3.05) is 13.1 Å². The third kappa shape index (κ3) is 3.93. The third-order valence-electron chi connectivity index (χ3n) is 3.58. The Bertz CT molecular complexity index is 436. The van der Waals surface area contributed by atoms with Crippen LogP contribution in [-0.2, 0) is 0 Å². The second-order valence-corrected chi connectivity index (χ2v) is 6.91. The van der Waals surface area contributed by atoms with Gasteiger partial charge in [0.05, 0.1) is 4.47 Å². The number of ether oxygens (including phenoxy) is 1. The molecular formula is C15H21BrFNO. The molecule has 0 atom stereocenters. The van der Waals surface area contributed by atoms with Crippen LogP contribution < -0.4 is 4.74 Å². The molecule has 1 fully saturated rings. The molecule has 1 aliphatic rings. The first-order chi connectivity index (χ1) is 8.86. The molecule has 0 unspecified atom stereocenters. The van der Waals surface area contributed by atoms with E-state index in [0.29, 0.717) is 10.2 Å². The van der Waals surface area contributed by atoms with Crippen molar-refractivity contribution in [3.05, 3.63) is 28.5 Å². The minimum Gasteiger partial charge on any atom is -0.490 e. The summed E-state index contributed by atoms with van der Waals surface area (Å²) in [4.78, 5) is 2.47. The number of nitrogens with zero attached hydrogens (tertiary/aromatic N) is 1. The highest BCUT2D eigenvalue weighted by Gasteiger charge is 2.27. The Kier molecular flexibility index (Phi) is 4.51. The van der Waals surface area contributed by atoms with E-state index in [1.54, 1.807) is 6.07 Å². The van der Waals surface area contributed by atoms with Gasteiger partial charge in [-0.15, -0.1) is 0 Å². The lowest BCUT2D eigenvalue weighted by Crippen LogP contribution is -2.48. The first-order valence-corrected chi connectivity index (χ1v) is 7.52. The first-order valence-electron chi connectivity index (χ1n) is 6.73. The summed E-state index contributed by atoms with van der Waals surface area (Å²) in [5, 5.41) is 0. The Labute approximate surface area is 123 Å². The van der Waals surface area contributed by atoms with Gasteiger partial charge in [0.25, 0.3) is 0 Å². The van der Waals surface area contributed by atoms with E-state index in [0.717, 1.165) is 25.9 Å². The third-order valence-corrected chi connectivity index (χ3v) is 4.23. The fourth-order valence-corrected chi connectivity index (χ4v) is 2.63. The average Bonchev–Trinajstić information content (AvgIpc) is 2.33. The molecule has 0 N–H and O–H groups in total. The van der Waals surface area contributed by atoms with Crippen LogP contribution in [0.25, 0.3) is 0 Å². The zero-order chi connectivity index (χ0) is 14.0. The molecule has 2 nitrogen and oxygen atoms in total. The lowest BCUT2D eigenvalue weighted by atomic mass is 9.99. The molecule has 0 saturated carbocycles. The summed E-state index contributed by atoms with van der Waals surface area (Å²) < 4.78 is 19.8. The highest BCUT2D eigenvalue weighted by atomic mass is 79.9. The molecule has 19 heavy (non-hydrogen) atoms. The van der Waals surface area contributed by atoms with Crippen molar-refractivity contribution < 1.29 is 9.13 Å². The number of hydrogen-bond acceptors (Lipinski definition) is 2. The summed E-state index contributed by atoms with van der Waals surface area (Å²) in [6, 6.07) is 4.94. The van der Waals surface area contributed by atoms with Crippen molar-refractivity contribution in [3.63, 3.8) is 0 Å². The molecule has 0 aliphatic carbocycles. The molecule has 0 aromatic heterocycles. The van der Waals surface area contributed by atoms with Gasteiger partial charge in [-0.3, -0.25) is 4.90 Å². The minimum absolute atomic E-state index is 0.194. The minimum atomic E-state index is -0.273. The smallest absolute Gasteiger partial charge is 0.141 e. The zero-order valence-electron chi connectivity index (χ0n) is 11.7.